The highest BCUT2D eigenvalue weighted by atomic mass is 32.1. The highest BCUT2D eigenvalue weighted by molar-refractivity contribution is 7.18. The molecule has 162 valence electrons. The van der Waals surface area contributed by atoms with E-state index in [9.17, 15) is 9.59 Å². The number of aromatic nitrogens is 1. The fourth-order valence-corrected chi connectivity index (χ4v) is 5.40. The summed E-state index contributed by atoms with van der Waals surface area (Å²) >= 11 is 1.75. The minimum Gasteiger partial charge on any atom is -0.335 e. The van der Waals surface area contributed by atoms with Gasteiger partial charge in [-0.05, 0) is 30.9 Å². The van der Waals surface area contributed by atoms with E-state index in [0.29, 0.717) is 5.92 Å². The number of nitrogens with one attached hydrogen (secondary N) is 2. The molecule has 1 aliphatic heterocycles. The quantitative estimate of drug-likeness (QED) is 0.764. The molecule has 2 aliphatic rings. The Hall–Kier alpha value is -2.03. The van der Waals surface area contributed by atoms with Gasteiger partial charge in [-0.15, -0.1) is 11.3 Å². The summed E-state index contributed by atoms with van der Waals surface area (Å²) in [6.45, 7) is 6.72. The third-order valence-corrected chi connectivity index (χ3v) is 7.23. The summed E-state index contributed by atoms with van der Waals surface area (Å²) in [4.78, 5) is 33.6. The number of urea groups is 1. The second-order valence-corrected chi connectivity index (χ2v) is 9.63. The predicted molar refractivity (Wildman–Crippen MR) is 119 cm³/mol. The lowest BCUT2D eigenvalue weighted by Crippen LogP contribution is -2.52. The summed E-state index contributed by atoms with van der Waals surface area (Å²) in [6, 6.07) is 8.05. The Kier molecular flexibility index (Phi) is 6.97. The molecule has 4 rings (SSSR count). The normalized spacial score (nSPS) is 23.4. The smallest absolute Gasteiger partial charge is 0.321 e. The van der Waals surface area contributed by atoms with Gasteiger partial charge in [-0.1, -0.05) is 31.9 Å². The van der Waals surface area contributed by atoms with Crippen molar-refractivity contribution in [3.8, 4) is 0 Å². The number of amides is 3. The van der Waals surface area contributed by atoms with E-state index in [1.807, 2.05) is 12.1 Å². The molecule has 30 heavy (non-hydrogen) atoms. The van der Waals surface area contributed by atoms with Crippen LogP contribution in [0.15, 0.2) is 24.3 Å². The van der Waals surface area contributed by atoms with Crippen molar-refractivity contribution in [3.05, 3.63) is 29.3 Å². The first-order chi connectivity index (χ1) is 14.6. The van der Waals surface area contributed by atoms with Crippen molar-refractivity contribution in [3.63, 3.8) is 0 Å². The van der Waals surface area contributed by atoms with Gasteiger partial charge in [0, 0.05) is 32.2 Å². The van der Waals surface area contributed by atoms with E-state index in [0.717, 1.165) is 62.5 Å². The van der Waals surface area contributed by atoms with Gasteiger partial charge in [0.15, 0.2) is 0 Å². The molecule has 2 unspecified atom stereocenters. The number of para-hydroxylation sites is 1. The van der Waals surface area contributed by atoms with Gasteiger partial charge in [0.25, 0.3) is 0 Å². The summed E-state index contributed by atoms with van der Waals surface area (Å²) in [5.41, 5.74) is 1.06. The first-order valence-electron chi connectivity index (χ1n) is 11.0. The molecule has 2 heterocycles. The molecule has 2 N–H and O–H groups in total. The van der Waals surface area contributed by atoms with E-state index in [2.05, 4.69) is 39.5 Å². The van der Waals surface area contributed by atoms with E-state index in [-0.39, 0.29) is 24.5 Å². The summed E-state index contributed by atoms with van der Waals surface area (Å²) in [5, 5.41) is 6.62. The van der Waals surface area contributed by atoms with Crippen molar-refractivity contribution in [2.75, 3.05) is 32.7 Å². The zero-order valence-electron chi connectivity index (χ0n) is 17.6. The number of carbonyl (C=O) groups is 2. The lowest BCUT2D eigenvalue weighted by molar-refractivity contribution is -0.121. The Morgan fingerprint density at radius 3 is 2.60 bits per heavy atom. The maximum absolute atomic E-state index is 12.3. The Bertz CT molecular complexity index is 844. The second-order valence-electron chi connectivity index (χ2n) is 8.52. The molecule has 2 fully saturated rings. The van der Waals surface area contributed by atoms with Gasteiger partial charge in [-0.3, -0.25) is 19.9 Å². The molecule has 1 saturated heterocycles. The van der Waals surface area contributed by atoms with E-state index in [1.54, 1.807) is 11.3 Å². The van der Waals surface area contributed by atoms with Crippen LogP contribution in [0, 0.1) is 5.92 Å². The third kappa shape index (κ3) is 5.56. The molecule has 0 radical (unpaired) electrons. The van der Waals surface area contributed by atoms with Crippen molar-refractivity contribution in [2.24, 2.45) is 5.92 Å². The second kappa shape index (κ2) is 9.85. The number of hydrogen-bond donors (Lipinski definition) is 2. The Morgan fingerprint density at radius 1 is 1.10 bits per heavy atom. The molecule has 7 nitrogen and oxygen atoms in total. The highest BCUT2D eigenvalue weighted by Gasteiger charge is 2.24. The number of imide groups is 1. The van der Waals surface area contributed by atoms with E-state index >= 15 is 0 Å². The number of carbonyl (C=O) groups excluding carboxylic acids is 2. The molecule has 1 aromatic carbocycles. The Balaban J connectivity index is 1.17. The molecule has 1 aromatic heterocycles. The number of rotatable bonds is 5. The van der Waals surface area contributed by atoms with Gasteiger partial charge in [0.1, 0.15) is 5.01 Å². The molecule has 1 aliphatic carbocycles. The maximum atomic E-state index is 12.3. The van der Waals surface area contributed by atoms with E-state index < -0.39 is 0 Å². The molecule has 0 bridgehead atoms. The number of hydrogen-bond acceptors (Lipinski definition) is 6. The van der Waals surface area contributed by atoms with Crippen molar-refractivity contribution in [1.29, 1.82) is 0 Å². The first-order valence-corrected chi connectivity index (χ1v) is 11.8. The van der Waals surface area contributed by atoms with E-state index in [1.165, 1.54) is 11.1 Å². The van der Waals surface area contributed by atoms with E-state index in [4.69, 9.17) is 4.98 Å². The average molecular weight is 430 g/mol. The monoisotopic (exact) mass is 429 g/mol. The van der Waals surface area contributed by atoms with Crippen molar-refractivity contribution in [2.45, 2.75) is 45.2 Å². The Morgan fingerprint density at radius 2 is 1.83 bits per heavy atom. The largest absolute Gasteiger partial charge is 0.335 e. The Labute approximate surface area is 181 Å². The number of nitrogens with zero attached hydrogens (tertiary/aromatic N) is 3. The van der Waals surface area contributed by atoms with Gasteiger partial charge < -0.3 is 5.32 Å². The van der Waals surface area contributed by atoms with Crippen molar-refractivity contribution >= 4 is 33.5 Å². The molecule has 2 aromatic rings. The van der Waals surface area contributed by atoms with Crippen LogP contribution >= 0.6 is 11.3 Å². The minimum atomic E-state index is -0.353. The predicted octanol–water partition coefficient (Wildman–Crippen LogP) is 2.82. The molecule has 3 amide bonds. The highest BCUT2D eigenvalue weighted by Crippen LogP contribution is 2.24. The number of fused-ring (bicyclic) bond motifs is 1. The van der Waals surface area contributed by atoms with Crippen LogP contribution in [0.1, 0.15) is 37.6 Å². The van der Waals surface area contributed by atoms with Crippen molar-refractivity contribution in [1.82, 2.24) is 25.4 Å². The van der Waals surface area contributed by atoms with Gasteiger partial charge in [-0.2, -0.15) is 0 Å². The van der Waals surface area contributed by atoms with Gasteiger partial charge >= 0.3 is 6.03 Å². The number of piperazine rings is 1. The van der Waals surface area contributed by atoms with Crippen LogP contribution in [0.3, 0.4) is 0 Å². The average Bonchev–Trinajstić information content (AvgIpc) is 3.13. The molecule has 1 saturated carbocycles. The summed E-state index contributed by atoms with van der Waals surface area (Å²) in [7, 11) is 0. The van der Waals surface area contributed by atoms with Crippen LogP contribution < -0.4 is 10.6 Å². The van der Waals surface area contributed by atoms with Gasteiger partial charge in [0.2, 0.25) is 5.91 Å². The fraction of sp³-hybridized carbons (Fsp3) is 0.591. The van der Waals surface area contributed by atoms with Crippen LogP contribution in [-0.2, 0) is 11.3 Å². The lowest BCUT2D eigenvalue weighted by atomic mass is 9.86. The molecular formula is C22H31N5O2S. The maximum Gasteiger partial charge on any atom is 0.321 e. The molecule has 8 heteroatoms. The number of thiazole rings is 1. The fourth-order valence-electron chi connectivity index (χ4n) is 4.39. The van der Waals surface area contributed by atoms with Crippen LogP contribution in [0.2, 0.25) is 0 Å². The topological polar surface area (TPSA) is 77.6 Å². The van der Waals surface area contributed by atoms with Crippen LogP contribution in [0.5, 0.6) is 0 Å². The SMILES string of the molecule is CC1CCCCC1NC(=O)NC(=O)CN1CCN(Cc2nc3ccccc3s2)CC1. The van der Waals surface area contributed by atoms with Gasteiger partial charge in [0.05, 0.1) is 23.3 Å². The lowest BCUT2D eigenvalue weighted by Gasteiger charge is -2.33. The molecule has 2 atom stereocenters. The van der Waals surface area contributed by atoms with Crippen molar-refractivity contribution < 1.29 is 9.59 Å². The number of benzene rings is 1. The molecular weight excluding hydrogens is 398 g/mol. The van der Waals surface area contributed by atoms with Crippen LogP contribution in [0.25, 0.3) is 10.2 Å². The third-order valence-electron chi connectivity index (χ3n) is 6.21. The standard InChI is InChI=1S/C22H31N5O2S/c1-16-6-2-3-7-17(16)24-22(29)25-20(28)14-26-10-12-27(13-11-26)15-21-23-18-8-4-5-9-19(18)30-21/h4-5,8-9,16-17H,2-3,6-7,10-15H2,1H3,(H2,24,25,28,29). The van der Waals surface area contributed by atoms with Crippen LogP contribution in [-0.4, -0.2) is 65.5 Å². The minimum absolute atomic E-state index is 0.178. The summed E-state index contributed by atoms with van der Waals surface area (Å²) in [6.07, 6.45) is 4.51. The van der Waals surface area contributed by atoms with Gasteiger partial charge in [-0.25, -0.2) is 9.78 Å². The first kappa shape index (κ1) is 21.2. The van der Waals surface area contributed by atoms with Crippen LogP contribution in [0.4, 0.5) is 4.79 Å². The summed E-state index contributed by atoms with van der Waals surface area (Å²) < 4.78 is 1.23. The summed E-state index contributed by atoms with van der Waals surface area (Å²) in [5.74, 6) is 0.249. The molecule has 0 spiro atoms. The zero-order chi connectivity index (χ0) is 20.9. The zero-order valence-corrected chi connectivity index (χ0v) is 18.4.